The summed E-state index contributed by atoms with van der Waals surface area (Å²) < 4.78 is 4.95. The second-order valence-corrected chi connectivity index (χ2v) is 3.53. The maximum Gasteiger partial charge on any atom is 0.259 e. The molecular formula is C10H11N3O2. The molecule has 0 unspecified atom stereocenters. The standard InChI is InChI=1S/C10H11N3O2/c1-6(2)9(14)12-8-7-4-3-5-11-10(7)15-13-8/h3-6H,1-2H3,(H,12,13,14). The van der Waals surface area contributed by atoms with E-state index in [-0.39, 0.29) is 11.8 Å². The van der Waals surface area contributed by atoms with Crippen LogP contribution in [0.4, 0.5) is 5.82 Å². The van der Waals surface area contributed by atoms with E-state index in [0.29, 0.717) is 16.9 Å². The molecule has 5 nitrogen and oxygen atoms in total. The zero-order chi connectivity index (χ0) is 10.8. The van der Waals surface area contributed by atoms with Gasteiger partial charge in [-0.1, -0.05) is 19.0 Å². The monoisotopic (exact) mass is 205 g/mol. The Hall–Kier alpha value is -1.91. The van der Waals surface area contributed by atoms with Gasteiger partial charge >= 0.3 is 0 Å². The normalized spacial score (nSPS) is 10.9. The van der Waals surface area contributed by atoms with Gasteiger partial charge in [-0.15, -0.1) is 0 Å². The zero-order valence-electron chi connectivity index (χ0n) is 8.52. The summed E-state index contributed by atoms with van der Waals surface area (Å²) in [5, 5.41) is 7.14. The van der Waals surface area contributed by atoms with Crippen LogP contribution in [0.25, 0.3) is 11.1 Å². The van der Waals surface area contributed by atoms with E-state index in [2.05, 4.69) is 15.5 Å². The molecule has 2 heterocycles. The van der Waals surface area contributed by atoms with Crippen molar-refractivity contribution in [3.63, 3.8) is 0 Å². The van der Waals surface area contributed by atoms with E-state index in [4.69, 9.17) is 4.52 Å². The lowest BCUT2D eigenvalue weighted by Crippen LogP contribution is -2.17. The van der Waals surface area contributed by atoms with Crippen LogP contribution in [-0.4, -0.2) is 16.0 Å². The van der Waals surface area contributed by atoms with Gasteiger partial charge in [-0.2, -0.15) is 0 Å². The molecule has 0 aromatic carbocycles. The second kappa shape index (κ2) is 3.68. The van der Waals surface area contributed by atoms with Crippen molar-refractivity contribution >= 4 is 22.8 Å². The highest BCUT2D eigenvalue weighted by atomic mass is 16.5. The van der Waals surface area contributed by atoms with Crippen LogP contribution in [0, 0.1) is 5.92 Å². The Labute approximate surface area is 86.5 Å². The lowest BCUT2D eigenvalue weighted by molar-refractivity contribution is -0.118. The number of anilines is 1. The highest BCUT2D eigenvalue weighted by molar-refractivity contribution is 5.98. The molecule has 0 radical (unpaired) electrons. The first-order chi connectivity index (χ1) is 7.18. The summed E-state index contributed by atoms with van der Waals surface area (Å²) in [6.45, 7) is 3.63. The Balaban J connectivity index is 2.33. The van der Waals surface area contributed by atoms with Gasteiger partial charge in [-0.05, 0) is 12.1 Å². The molecule has 78 valence electrons. The number of carbonyl (C=O) groups excluding carboxylic acids is 1. The molecule has 2 aromatic rings. The van der Waals surface area contributed by atoms with Gasteiger partial charge in [0.2, 0.25) is 5.91 Å². The Morgan fingerprint density at radius 3 is 3.07 bits per heavy atom. The van der Waals surface area contributed by atoms with Crippen molar-refractivity contribution in [2.24, 2.45) is 5.92 Å². The number of carbonyl (C=O) groups is 1. The lowest BCUT2D eigenvalue weighted by atomic mass is 10.2. The van der Waals surface area contributed by atoms with Crippen LogP contribution >= 0.6 is 0 Å². The summed E-state index contributed by atoms with van der Waals surface area (Å²) in [6.07, 6.45) is 1.61. The molecule has 2 rings (SSSR count). The fourth-order valence-corrected chi connectivity index (χ4v) is 1.13. The minimum Gasteiger partial charge on any atom is -0.334 e. The first kappa shape index (κ1) is 9.64. The largest absolute Gasteiger partial charge is 0.334 e. The van der Waals surface area contributed by atoms with E-state index in [9.17, 15) is 4.79 Å². The average molecular weight is 205 g/mol. The summed E-state index contributed by atoms with van der Waals surface area (Å²) >= 11 is 0. The summed E-state index contributed by atoms with van der Waals surface area (Å²) in [6, 6.07) is 3.57. The van der Waals surface area contributed by atoms with E-state index in [0.717, 1.165) is 0 Å². The van der Waals surface area contributed by atoms with Crippen LogP contribution in [0.5, 0.6) is 0 Å². The van der Waals surface area contributed by atoms with Gasteiger partial charge in [0.25, 0.3) is 5.71 Å². The molecule has 0 aliphatic rings. The van der Waals surface area contributed by atoms with Crippen LogP contribution < -0.4 is 5.32 Å². The van der Waals surface area contributed by atoms with Crippen molar-refractivity contribution in [1.29, 1.82) is 0 Å². The molecule has 1 amide bonds. The molecule has 0 aliphatic heterocycles. The van der Waals surface area contributed by atoms with Crippen molar-refractivity contribution in [2.75, 3.05) is 5.32 Å². The minimum absolute atomic E-state index is 0.0888. The van der Waals surface area contributed by atoms with Gasteiger partial charge in [-0.25, -0.2) is 4.98 Å². The zero-order valence-corrected chi connectivity index (χ0v) is 8.52. The summed E-state index contributed by atoms with van der Waals surface area (Å²) in [5.41, 5.74) is 0.427. The Bertz CT molecular complexity index is 490. The second-order valence-electron chi connectivity index (χ2n) is 3.53. The molecule has 15 heavy (non-hydrogen) atoms. The highest BCUT2D eigenvalue weighted by Crippen LogP contribution is 2.20. The third-order valence-corrected chi connectivity index (χ3v) is 2.02. The average Bonchev–Trinajstić information content (AvgIpc) is 2.62. The molecule has 0 saturated heterocycles. The molecule has 2 aromatic heterocycles. The van der Waals surface area contributed by atoms with Crippen LogP contribution in [0.1, 0.15) is 13.8 Å². The number of pyridine rings is 1. The quantitative estimate of drug-likeness (QED) is 0.811. The van der Waals surface area contributed by atoms with Crippen LogP contribution in [0.2, 0.25) is 0 Å². The fourth-order valence-electron chi connectivity index (χ4n) is 1.13. The fraction of sp³-hybridized carbons (Fsp3) is 0.300. The number of hydrogen-bond acceptors (Lipinski definition) is 4. The topological polar surface area (TPSA) is 68.0 Å². The molecule has 0 bridgehead atoms. The Morgan fingerprint density at radius 1 is 1.53 bits per heavy atom. The van der Waals surface area contributed by atoms with Crippen molar-refractivity contribution in [1.82, 2.24) is 10.1 Å². The number of nitrogens with one attached hydrogen (secondary N) is 1. The Morgan fingerprint density at radius 2 is 2.33 bits per heavy atom. The van der Waals surface area contributed by atoms with Gasteiger partial charge in [0.15, 0.2) is 5.82 Å². The predicted octanol–water partition coefficient (Wildman–Crippen LogP) is 1.82. The first-order valence-corrected chi connectivity index (χ1v) is 4.69. The van der Waals surface area contributed by atoms with Gasteiger partial charge in [0, 0.05) is 12.1 Å². The van der Waals surface area contributed by atoms with Gasteiger partial charge in [-0.3, -0.25) is 4.79 Å². The maximum atomic E-state index is 11.4. The highest BCUT2D eigenvalue weighted by Gasteiger charge is 2.13. The van der Waals surface area contributed by atoms with Gasteiger partial charge in [0.05, 0.1) is 5.39 Å². The third-order valence-electron chi connectivity index (χ3n) is 2.02. The number of aromatic nitrogens is 2. The third kappa shape index (κ3) is 1.81. The molecule has 1 N–H and O–H groups in total. The maximum absolute atomic E-state index is 11.4. The lowest BCUT2D eigenvalue weighted by Gasteiger charge is -2.03. The van der Waals surface area contributed by atoms with E-state index < -0.39 is 0 Å². The number of amides is 1. The number of nitrogens with zero attached hydrogens (tertiary/aromatic N) is 2. The molecule has 5 heteroatoms. The van der Waals surface area contributed by atoms with E-state index in [1.165, 1.54) is 0 Å². The van der Waals surface area contributed by atoms with E-state index in [1.54, 1.807) is 18.3 Å². The molecule has 0 aliphatic carbocycles. The minimum atomic E-state index is -0.0894. The van der Waals surface area contributed by atoms with Crippen molar-refractivity contribution < 1.29 is 9.32 Å². The first-order valence-electron chi connectivity index (χ1n) is 4.69. The SMILES string of the molecule is CC(C)C(=O)Nc1noc2ncccc12. The van der Waals surface area contributed by atoms with Crippen molar-refractivity contribution in [3.8, 4) is 0 Å². The van der Waals surface area contributed by atoms with Gasteiger partial charge in [0.1, 0.15) is 0 Å². The molecule has 0 fully saturated rings. The molecule has 0 spiro atoms. The van der Waals surface area contributed by atoms with Crippen LogP contribution in [0.15, 0.2) is 22.9 Å². The van der Waals surface area contributed by atoms with Crippen molar-refractivity contribution in [3.05, 3.63) is 18.3 Å². The summed E-state index contributed by atoms with van der Waals surface area (Å²) in [5.74, 6) is 0.249. The number of fused-ring (bicyclic) bond motifs is 1. The predicted molar refractivity (Wildman–Crippen MR) is 55.3 cm³/mol. The summed E-state index contributed by atoms with van der Waals surface area (Å²) in [4.78, 5) is 15.4. The Kier molecular flexibility index (Phi) is 2.37. The van der Waals surface area contributed by atoms with Crippen molar-refractivity contribution in [2.45, 2.75) is 13.8 Å². The summed E-state index contributed by atoms with van der Waals surface area (Å²) in [7, 11) is 0. The smallest absolute Gasteiger partial charge is 0.259 e. The molecule has 0 atom stereocenters. The van der Waals surface area contributed by atoms with Crippen LogP contribution in [0.3, 0.4) is 0 Å². The number of hydrogen-bond donors (Lipinski definition) is 1. The van der Waals surface area contributed by atoms with E-state index >= 15 is 0 Å². The molecule has 0 saturated carbocycles. The van der Waals surface area contributed by atoms with E-state index in [1.807, 2.05) is 13.8 Å². The van der Waals surface area contributed by atoms with Gasteiger partial charge < -0.3 is 9.84 Å². The molecular weight excluding hydrogens is 194 g/mol. The van der Waals surface area contributed by atoms with Crippen LogP contribution in [-0.2, 0) is 4.79 Å². The number of rotatable bonds is 2.